The quantitative estimate of drug-likeness (QED) is 0.629. The molecular weight excluding hydrogens is 304 g/mol. The van der Waals surface area contributed by atoms with Gasteiger partial charge in [-0.25, -0.2) is 13.6 Å². The summed E-state index contributed by atoms with van der Waals surface area (Å²) in [6, 6.07) is 10.2. The lowest BCUT2D eigenvalue weighted by Crippen LogP contribution is -2.21. The number of methoxy groups -OCH3 is 1. The topological polar surface area (TPSA) is 47.6 Å². The number of ether oxygens (including phenoxy) is 2. The van der Waals surface area contributed by atoms with E-state index in [9.17, 15) is 13.6 Å². The Morgan fingerprint density at radius 3 is 2.70 bits per heavy atom. The number of nitrogens with one attached hydrogen (secondary N) is 1. The van der Waals surface area contributed by atoms with E-state index in [1.165, 1.54) is 31.4 Å². The summed E-state index contributed by atoms with van der Waals surface area (Å²) in [4.78, 5) is 11.3. The summed E-state index contributed by atoms with van der Waals surface area (Å²) in [5.74, 6) is -1.45. The summed E-state index contributed by atoms with van der Waals surface area (Å²) in [5.41, 5.74) is 0.945. The van der Waals surface area contributed by atoms with Crippen molar-refractivity contribution in [3.05, 3.63) is 65.2 Å². The van der Waals surface area contributed by atoms with Crippen LogP contribution in [0.25, 0.3) is 0 Å². The number of rotatable bonds is 7. The first-order valence-electron chi connectivity index (χ1n) is 7.06. The summed E-state index contributed by atoms with van der Waals surface area (Å²) >= 11 is 0. The van der Waals surface area contributed by atoms with Crippen molar-refractivity contribution in [3.63, 3.8) is 0 Å². The van der Waals surface area contributed by atoms with Gasteiger partial charge in [-0.1, -0.05) is 12.1 Å². The minimum Gasteiger partial charge on any atom is -0.489 e. The van der Waals surface area contributed by atoms with E-state index in [0.717, 1.165) is 11.6 Å². The molecule has 122 valence electrons. The molecule has 0 fully saturated rings. The van der Waals surface area contributed by atoms with E-state index in [4.69, 9.17) is 4.74 Å². The van der Waals surface area contributed by atoms with Gasteiger partial charge in [-0.15, -0.1) is 0 Å². The molecule has 0 saturated carbocycles. The third-order valence-corrected chi connectivity index (χ3v) is 3.11. The molecule has 2 rings (SSSR count). The first kappa shape index (κ1) is 16.9. The summed E-state index contributed by atoms with van der Waals surface area (Å²) in [6.45, 7) is 1.20. The SMILES string of the molecule is COC(=O)c1ccc(OCCNCc2cccc(F)c2)c(F)c1. The second kappa shape index (κ2) is 8.24. The molecule has 0 amide bonds. The second-order valence-electron chi connectivity index (χ2n) is 4.79. The lowest BCUT2D eigenvalue weighted by molar-refractivity contribution is 0.0600. The number of benzene rings is 2. The molecule has 0 spiro atoms. The lowest BCUT2D eigenvalue weighted by Gasteiger charge is -2.09. The zero-order valence-electron chi connectivity index (χ0n) is 12.6. The molecule has 0 aliphatic rings. The summed E-state index contributed by atoms with van der Waals surface area (Å²) in [6.07, 6.45) is 0. The Morgan fingerprint density at radius 2 is 2.00 bits per heavy atom. The maximum Gasteiger partial charge on any atom is 0.337 e. The van der Waals surface area contributed by atoms with Crippen LogP contribution in [0.5, 0.6) is 5.75 Å². The van der Waals surface area contributed by atoms with E-state index in [0.29, 0.717) is 13.1 Å². The summed E-state index contributed by atoms with van der Waals surface area (Å²) < 4.78 is 36.6. The Kier molecular flexibility index (Phi) is 6.05. The van der Waals surface area contributed by atoms with Crippen molar-refractivity contribution in [1.29, 1.82) is 0 Å². The van der Waals surface area contributed by atoms with Crippen LogP contribution >= 0.6 is 0 Å². The highest BCUT2D eigenvalue weighted by Gasteiger charge is 2.10. The smallest absolute Gasteiger partial charge is 0.337 e. The van der Waals surface area contributed by atoms with E-state index in [-0.39, 0.29) is 23.7 Å². The van der Waals surface area contributed by atoms with Crippen LogP contribution in [0.15, 0.2) is 42.5 Å². The van der Waals surface area contributed by atoms with Gasteiger partial charge in [0, 0.05) is 13.1 Å². The molecule has 1 N–H and O–H groups in total. The zero-order valence-corrected chi connectivity index (χ0v) is 12.6. The van der Waals surface area contributed by atoms with Gasteiger partial charge in [0.2, 0.25) is 0 Å². The maximum atomic E-state index is 13.8. The third kappa shape index (κ3) is 5.03. The molecular formula is C17H17F2NO3. The molecule has 0 aliphatic carbocycles. The molecule has 23 heavy (non-hydrogen) atoms. The Morgan fingerprint density at radius 1 is 1.17 bits per heavy atom. The van der Waals surface area contributed by atoms with Crippen LogP contribution in [0.4, 0.5) is 8.78 Å². The number of esters is 1. The van der Waals surface area contributed by atoms with Crippen LogP contribution in [-0.4, -0.2) is 26.2 Å². The van der Waals surface area contributed by atoms with Crippen molar-refractivity contribution in [2.75, 3.05) is 20.3 Å². The summed E-state index contributed by atoms with van der Waals surface area (Å²) in [7, 11) is 1.23. The van der Waals surface area contributed by atoms with Gasteiger partial charge in [-0.05, 0) is 35.9 Å². The highest BCUT2D eigenvalue weighted by molar-refractivity contribution is 5.89. The van der Waals surface area contributed by atoms with Crippen LogP contribution < -0.4 is 10.1 Å². The van der Waals surface area contributed by atoms with Gasteiger partial charge in [0.25, 0.3) is 0 Å². The van der Waals surface area contributed by atoms with Crippen molar-refractivity contribution >= 4 is 5.97 Å². The number of hydrogen-bond donors (Lipinski definition) is 1. The number of carbonyl (C=O) groups is 1. The largest absolute Gasteiger partial charge is 0.489 e. The van der Waals surface area contributed by atoms with Crippen molar-refractivity contribution < 1.29 is 23.0 Å². The molecule has 0 radical (unpaired) electrons. The van der Waals surface area contributed by atoms with Crippen LogP contribution in [0.2, 0.25) is 0 Å². The predicted octanol–water partition coefficient (Wildman–Crippen LogP) is 2.92. The van der Waals surface area contributed by atoms with Crippen molar-refractivity contribution in [1.82, 2.24) is 5.32 Å². The van der Waals surface area contributed by atoms with E-state index in [1.807, 2.05) is 6.07 Å². The number of halogens is 2. The van der Waals surface area contributed by atoms with E-state index >= 15 is 0 Å². The molecule has 0 atom stereocenters. The number of carbonyl (C=O) groups excluding carboxylic acids is 1. The average molecular weight is 321 g/mol. The first-order valence-corrected chi connectivity index (χ1v) is 7.06. The van der Waals surface area contributed by atoms with E-state index in [2.05, 4.69) is 10.1 Å². The lowest BCUT2D eigenvalue weighted by atomic mass is 10.2. The van der Waals surface area contributed by atoms with Crippen molar-refractivity contribution in [2.24, 2.45) is 0 Å². The minimum absolute atomic E-state index is 0.0604. The van der Waals surface area contributed by atoms with Gasteiger partial charge in [0.15, 0.2) is 11.6 Å². The van der Waals surface area contributed by atoms with Gasteiger partial charge < -0.3 is 14.8 Å². The fraction of sp³-hybridized carbons (Fsp3) is 0.235. The third-order valence-electron chi connectivity index (χ3n) is 3.11. The van der Waals surface area contributed by atoms with Crippen LogP contribution in [0, 0.1) is 11.6 Å². The molecule has 0 unspecified atom stereocenters. The van der Waals surface area contributed by atoms with Gasteiger partial charge in [-0.3, -0.25) is 0 Å². The first-order chi connectivity index (χ1) is 11.1. The second-order valence-corrected chi connectivity index (χ2v) is 4.79. The Bertz CT molecular complexity index is 677. The molecule has 2 aromatic carbocycles. The van der Waals surface area contributed by atoms with Crippen LogP contribution in [0.1, 0.15) is 15.9 Å². The monoisotopic (exact) mass is 321 g/mol. The normalized spacial score (nSPS) is 10.4. The predicted molar refractivity (Wildman–Crippen MR) is 81.3 cm³/mol. The molecule has 4 nitrogen and oxygen atoms in total. The molecule has 0 aliphatic heterocycles. The highest BCUT2D eigenvalue weighted by Crippen LogP contribution is 2.18. The van der Waals surface area contributed by atoms with Crippen LogP contribution in [-0.2, 0) is 11.3 Å². The van der Waals surface area contributed by atoms with Gasteiger partial charge >= 0.3 is 5.97 Å². The molecule has 0 saturated heterocycles. The fourth-order valence-electron chi connectivity index (χ4n) is 1.98. The summed E-state index contributed by atoms with van der Waals surface area (Å²) in [5, 5.41) is 3.07. The van der Waals surface area contributed by atoms with Crippen molar-refractivity contribution in [2.45, 2.75) is 6.54 Å². The molecule has 0 bridgehead atoms. The fourth-order valence-corrected chi connectivity index (χ4v) is 1.98. The average Bonchev–Trinajstić information content (AvgIpc) is 2.55. The maximum absolute atomic E-state index is 13.8. The standard InChI is InChI=1S/C17H17F2NO3/c1-22-17(21)13-5-6-16(15(19)10-13)23-8-7-20-11-12-3-2-4-14(18)9-12/h2-6,9-10,20H,7-8,11H2,1H3. The minimum atomic E-state index is -0.627. The van der Waals surface area contributed by atoms with E-state index in [1.54, 1.807) is 6.07 Å². The Hall–Kier alpha value is -2.47. The van der Waals surface area contributed by atoms with Gasteiger partial charge in [-0.2, -0.15) is 0 Å². The van der Waals surface area contributed by atoms with E-state index < -0.39 is 11.8 Å². The number of hydrogen-bond acceptors (Lipinski definition) is 4. The van der Waals surface area contributed by atoms with Gasteiger partial charge in [0.05, 0.1) is 12.7 Å². The molecule has 2 aromatic rings. The Balaban J connectivity index is 1.77. The zero-order chi connectivity index (χ0) is 16.7. The highest BCUT2D eigenvalue weighted by atomic mass is 19.1. The molecule has 0 aromatic heterocycles. The molecule has 0 heterocycles. The van der Waals surface area contributed by atoms with Crippen molar-refractivity contribution in [3.8, 4) is 5.75 Å². The Labute approximate surface area is 133 Å². The molecule has 6 heteroatoms. The van der Waals surface area contributed by atoms with Gasteiger partial charge in [0.1, 0.15) is 12.4 Å². The van der Waals surface area contributed by atoms with Crippen LogP contribution in [0.3, 0.4) is 0 Å².